The maximum absolute atomic E-state index is 11.7. The van der Waals surface area contributed by atoms with Crippen LogP contribution in [0.5, 0.6) is 5.88 Å². The largest absolute Gasteiger partial charge is 0.480 e. The van der Waals surface area contributed by atoms with Crippen LogP contribution < -0.4 is 10.1 Å². The number of carbonyl (C=O) groups is 1. The fourth-order valence-electron chi connectivity index (χ4n) is 1.12. The van der Waals surface area contributed by atoms with Crippen molar-refractivity contribution in [3.63, 3.8) is 0 Å². The second-order valence-electron chi connectivity index (χ2n) is 3.19. The minimum absolute atomic E-state index is 0.221. The average molecular weight is 250 g/mol. The van der Waals surface area contributed by atoms with Crippen molar-refractivity contribution in [3.8, 4) is 5.88 Å². The number of rotatable bonds is 3. The lowest BCUT2D eigenvalue weighted by Crippen LogP contribution is -2.14. The summed E-state index contributed by atoms with van der Waals surface area (Å²) in [6, 6.07) is 3.12. The minimum Gasteiger partial charge on any atom is -0.480 e. The van der Waals surface area contributed by atoms with Crippen LogP contribution in [0.25, 0.3) is 0 Å². The highest BCUT2D eigenvalue weighted by Crippen LogP contribution is 2.17. The number of hydrogen-bond donors (Lipinski definition) is 1. The molecule has 17 heavy (non-hydrogen) atoms. The van der Waals surface area contributed by atoms with Crippen molar-refractivity contribution < 1.29 is 9.53 Å². The first-order chi connectivity index (χ1) is 8.19. The van der Waals surface area contributed by atoms with Crippen LogP contribution in [-0.4, -0.2) is 28.2 Å². The van der Waals surface area contributed by atoms with Crippen molar-refractivity contribution in [2.75, 3.05) is 12.4 Å². The lowest BCUT2D eigenvalue weighted by Gasteiger charge is -2.01. The molecule has 2 heterocycles. The molecule has 6 nitrogen and oxygen atoms in total. The van der Waals surface area contributed by atoms with Gasteiger partial charge in [0.05, 0.1) is 7.11 Å². The topological polar surface area (TPSA) is 77.0 Å². The van der Waals surface area contributed by atoms with E-state index in [9.17, 15) is 4.79 Å². The standard InChI is InChI=1S/C10H10N4O2S/c1-6-5-11-10(17-6)12-9(15)7-3-4-8(16-2)14-13-7/h3-5H,1-2H3,(H,11,12,15). The van der Waals surface area contributed by atoms with Gasteiger partial charge in [0.1, 0.15) is 0 Å². The Kier molecular flexibility index (Phi) is 3.29. The second kappa shape index (κ2) is 4.88. The molecule has 0 bridgehead atoms. The molecule has 88 valence electrons. The van der Waals surface area contributed by atoms with Crippen LogP contribution in [0.3, 0.4) is 0 Å². The fourth-order valence-corrected chi connectivity index (χ4v) is 1.78. The molecule has 0 saturated heterocycles. The number of anilines is 1. The first-order valence-corrected chi connectivity index (χ1v) is 5.62. The highest BCUT2D eigenvalue weighted by Gasteiger charge is 2.10. The van der Waals surface area contributed by atoms with Crippen molar-refractivity contribution in [1.82, 2.24) is 15.2 Å². The van der Waals surface area contributed by atoms with Gasteiger partial charge in [-0.05, 0) is 13.0 Å². The molecule has 0 unspecified atom stereocenters. The number of methoxy groups -OCH3 is 1. The summed E-state index contributed by atoms with van der Waals surface area (Å²) >= 11 is 1.40. The lowest BCUT2D eigenvalue weighted by atomic mass is 10.4. The molecule has 2 aromatic heterocycles. The summed E-state index contributed by atoms with van der Waals surface area (Å²) in [5, 5.41) is 10.6. The number of hydrogen-bond acceptors (Lipinski definition) is 6. The van der Waals surface area contributed by atoms with E-state index in [4.69, 9.17) is 4.74 Å². The molecule has 0 saturated carbocycles. The highest BCUT2D eigenvalue weighted by atomic mass is 32.1. The van der Waals surface area contributed by atoms with E-state index in [0.717, 1.165) is 4.88 Å². The van der Waals surface area contributed by atoms with Crippen molar-refractivity contribution >= 4 is 22.4 Å². The predicted molar refractivity (Wildman–Crippen MR) is 63.4 cm³/mol. The van der Waals surface area contributed by atoms with Gasteiger partial charge in [-0.3, -0.25) is 10.1 Å². The zero-order valence-corrected chi connectivity index (χ0v) is 10.1. The number of nitrogens with one attached hydrogen (secondary N) is 1. The van der Waals surface area contributed by atoms with E-state index in [1.165, 1.54) is 18.4 Å². The molecule has 0 aliphatic heterocycles. The first-order valence-electron chi connectivity index (χ1n) is 4.80. The Balaban J connectivity index is 2.09. The van der Waals surface area contributed by atoms with E-state index in [1.807, 2.05) is 6.92 Å². The van der Waals surface area contributed by atoms with Crippen LogP contribution in [0.4, 0.5) is 5.13 Å². The van der Waals surface area contributed by atoms with Gasteiger partial charge in [-0.2, -0.15) is 0 Å². The summed E-state index contributed by atoms with van der Waals surface area (Å²) < 4.78 is 4.85. The Hall–Kier alpha value is -2.02. The molecule has 0 radical (unpaired) electrons. The van der Waals surface area contributed by atoms with Gasteiger partial charge in [0.15, 0.2) is 10.8 Å². The van der Waals surface area contributed by atoms with Gasteiger partial charge in [-0.1, -0.05) is 0 Å². The zero-order chi connectivity index (χ0) is 12.3. The van der Waals surface area contributed by atoms with Crippen molar-refractivity contribution in [3.05, 3.63) is 28.9 Å². The van der Waals surface area contributed by atoms with E-state index in [0.29, 0.717) is 11.0 Å². The molecule has 2 rings (SSSR count). The monoisotopic (exact) mass is 250 g/mol. The van der Waals surface area contributed by atoms with Crippen molar-refractivity contribution in [2.24, 2.45) is 0 Å². The van der Waals surface area contributed by atoms with E-state index in [2.05, 4.69) is 20.5 Å². The van der Waals surface area contributed by atoms with Crippen LogP contribution in [-0.2, 0) is 0 Å². The quantitative estimate of drug-likeness (QED) is 0.893. The number of nitrogens with zero attached hydrogens (tertiary/aromatic N) is 3. The van der Waals surface area contributed by atoms with Crippen LogP contribution >= 0.6 is 11.3 Å². The molecule has 0 aliphatic carbocycles. The summed E-state index contributed by atoms with van der Waals surface area (Å²) in [5.74, 6) is 0.0288. The van der Waals surface area contributed by atoms with Crippen LogP contribution in [0.1, 0.15) is 15.4 Å². The van der Waals surface area contributed by atoms with Gasteiger partial charge in [0.2, 0.25) is 5.88 Å². The van der Waals surface area contributed by atoms with Gasteiger partial charge >= 0.3 is 0 Å². The van der Waals surface area contributed by atoms with E-state index < -0.39 is 0 Å². The normalized spacial score (nSPS) is 10.0. The molecule has 0 atom stereocenters. The summed E-state index contributed by atoms with van der Waals surface area (Å²) in [5.41, 5.74) is 0.221. The van der Waals surface area contributed by atoms with Crippen molar-refractivity contribution in [1.29, 1.82) is 0 Å². The minimum atomic E-state index is -0.338. The first kappa shape index (κ1) is 11.5. The molecule has 7 heteroatoms. The SMILES string of the molecule is COc1ccc(C(=O)Nc2ncc(C)s2)nn1. The molecular weight excluding hydrogens is 240 g/mol. The molecule has 0 spiro atoms. The lowest BCUT2D eigenvalue weighted by molar-refractivity contribution is 0.102. The summed E-state index contributed by atoms with van der Waals surface area (Å²) in [4.78, 5) is 16.8. The summed E-state index contributed by atoms with van der Waals surface area (Å²) in [6.45, 7) is 1.92. The van der Waals surface area contributed by atoms with Crippen molar-refractivity contribution in [2.45, 2.75) is 6.92 Å². The second-order valence-corrected chi connectivity index (χ2v) is 4.43. The fraction of sp³-hybridized carbons (Fsp3) is 0.200. The van der Waals surface area contributed by atoms with Gasteiger partial charge in [0, 0.05) is 17.1 Å². The number of aryl methyl sites for hydroxylation is 1. The Morgan fingerprint density at radius 1 is 1.41 bits per heavy atom. The Labute approximate surface area is 102 Å². The van der Waals surface area contributed by atoms with Gasteiger partial charge in [0.25, 0.3) is 5.91 Å². The highest BCUT2D eigenvalue weighted by molar-refractivity contribution is 7.15. The number of carbonyl (C=O) groups excluding carboxylic acids is 1. The number of thiazole rings is 1. The van der Waals surface area contributed by atoms with E-state index in [-0.39, 0.29) is 11.6 Å². The van der Waals surface area contributed by atoms with E-state index in [1.54, 1.807) is 18.3 Å². The third-order valence-corrected chi connectivity index (χ3v) is 2.75. The third kappa shape index (κ3) is 2.76. The molecule has 0 aliphatic rings. The number of aromatic nitrogens is 3. The number of amides is 1. The van der Waals surface area contributed by atoms with E-state index >= 15 is 0 Å². The maximum Gasteiger partial charge on any atom is 0.277 e. The molecule has 1 N–H and O–H groups in total. The third-order valence-electron chi connectivity index (χ3n) is 1.92. The molecule has 0 aromatic carbocycles. The molecule has 1 amide bonds. The zero-order valence-electron chi connectivity index (χ0n) is 9.30. The Morgan fingerprint density at radius 3 is 2.76 bits per heavy atom. The Bertz CT molecular complexity index is 523. The summed E-state index contributed by atoms with van der Waals surface area (Å²) in [6.07, 6.45) is 1.69. The maximum atomic E-state index is 11.7. The molecule has 0 fully saturated rings. The van der Waals surface area contributed by atoms with Crippen LogP contribution in [0, 0.1) is 6.92 Å². The van der Waals surface area contributed by atoms with Gasteiger partial charge in [-0.25, -0.2) is 4.98 Å². The average Bonchev–Trinajstić information content (AvgIpc) is 2.75. The Morgan fingerprint density at radius 2 is 2.24 bits per heavy atom. The molecule has 2 aromatic rings. The van der Waals surface area contributed by atoms with Crippen LogP contribution in [0.15, 0.2) is 18.3 Å². The van der Waals surface area contributed by atoms with Gasteiger partial charge in [-0.15, -0.1) is 21.5 Å². The number of ether oxygens (including phenoxy) is 1. The van der Waals surface area contributed by atoms with Crippen LogP contribution in [0.2, 0.25) is 0 Å². The smallest absolute Gasteiger partial charge is 0.277 e. The molecular formula is C10H10N4O2S. The summed E-state index contributed by atoms with van der Waals surface area (Å²) in [7, 11) is 1.49. The van der Waals surface area contributed by atoms with Gasteiger partial charge < -0.3 is 4.74 Å². The predicted octanol–water partition coefficient (Wildman–Crippen LogP) is 1.50.